The summed E-state index contributed by atoms with van der Waals surface area (Å²) in [6.07, 6.45) is 0.119. The second kappa shape index (κ2) is 8.22. The molecule has 2 aromatic rings. The first kappa shape index (κ1) is 16.9. The van der Waals surface area contributed by atoms with E-state index in [4.69, 9.17) is 9.47 Å². The Kier molecular flexibility index (Phi) is 6.03. The molecule has 0 aliphatic carbocycles. The smallest absolute Gasteiger partial charge is 0.251 e. The van der Waals surface area contributed by atoms with Crippen LogP contribution in [0.5, 0.6) is 11.5 Å². The molecule has 122 valence electrons. The average molecular weight is 313 g/mol. The zero-order chi connectivity index (χ0) is 16.7. The zero-order valence-electron chi connectivity index (χ0n) is 13.8. The van der Waals surface area contributed by atoms with Gasteiger partial charge in [-0.2, -0.15) is 0 Å². The fourth-order valence-electron chi connectivity index (χ4n) is 2.10. The number of benzene rings is 2. The quantitative estimate of drug-likeness (QED) is 0.795. The fraction of sp³-hybridized carbons (Fsp3) is 0.316. The SMILES string of the molecule is Cc1cccc(OCCNC(=O)c2ccc(OC(C)C)cc2)c1. The molecule has 0 heterocycles. The van der Waals surface area contributed by atoms with Gasteiger partial charge in [0.05, 0.1) is 12.6 Å². The average Bonchev–Trinajstić information content (AvgIpc) is 2.51. The van der Waals surface area contributed by atoms with E-state index in [0.717, 1.165) is 17.1 Å². The third kappa shape index (κ3) is 5.66. The van der Waals surface area contributed by atoms with Gasteiger partial charge in [0.1, 0.15) is 18.1 Å². The Balaban J connectivity index is 1.76. The van der Waals surface area contributed by atoms with Gasteiger partial charge in [-0.25, -0.2) is 0 Å². The van der Waals surface area contributed by atoms with Gasteiger partial charge in [-0.3, -0.25) is 4.79 Å². The van der Waals surface area contributed by atoms with E-state index in [0.29, 0.717) is 18.7 Å². The third-order valence-corrected chi connectivity index (χ3v) is 3.13. The lowest BCUT2D eigenvalue weighted by molar-refractivity contribution is 0.0947. The molecule has 1 N–H and O–H groups in total. The molecule has 0 atom stereocenters. The Morgan fingerprint density at radius 3 is 2.48 bits per heavy atom. The van der Waals surface area contributed by atoms with Crippen LogP contribution in [-0.2, 0) is 0 Å². The molecule has 2 aromatic carbocycles. The minimum absolute atomic E-state index is 0.117. The number of hydrogen-bond acceptors (Lipinski definition) is 3. The van der Waals surface area contributed by atoms with E-state index >= 15 is 0 Å². The molecular weight excluding hydrogens is 290 g/mol. The molecular formula is C19H23NO3. The first-order valence-corrected chi connectivity index (χ1v) is 7.79. The summed E-state index contributed by atoms with van der Waals surface area (Å²) < 4.78 is 11.2. The lowest BCUT2D eigenvalue weighted by atomic mass is 10.2. The summed E-state index contributed by atoms with van der Waals surface area (Å²) in [5.74, 6) is 1.46. The molecule has 0 aliphatic rings. The molecule has 0 spiro atoms. The maximum atomic E-state index is 12.0. The van der Waals surface area contributed by atoms with Gasteiger partial charge in [-0.15, -0.1) is 0 Å². The van der Waals surface area contributed by atoms with E-state index in [2.05, 4.69) is 5.32 Å². The lowest BCUT2D eigenvalue weighted by Gasteiger charge is -2.10. The molecule has 23 heavy (non-hydrogen) atoms. The molecule has 0 fully saturated rings. The number of rotatable bonds is 7. The normalized spacial score (nSPS) is 10.4. The van der Waals surface area contributed by atoms with Gasteiger partial charge < -0.3 is 14.8 Å². The van der Waals surface area contributed by atoms with Gasteiger partial charge in [0.2, 0.25) is 0 Å². The zero-order valence-corrected chi connectivity index (χ0v) is 13.8. The van der Waals surface area contributed by atoms with Gasteiger partial charge in [0.15, 0.2) is 0 Å². The van der Waals surface area contributed by atoms with Crippen molar-refractivity contribution >= 4 is 5.91 Å². The van der Waals surface area contributed by atoms with Crippen LogP contribution in [0.15, 0.2) is 48.5 Å². The van der Waals surface area contributed by atoms with Crippen molar-refractivity contribution < 1.29 is 14.3 Å². The van der Waals surface area contributed by atoms with Crippen molar-refractivity contribution in [2.24, 2.45) is 0 Å². The number of amides is 1. The summed E-state index contributed by atoms with van der Waals surface area (Å²) in [4.78, 5) is 12.0. The second-order valence-electron chi connectivity index (χ2n) is 5.61. The van der Waals surface area contributed by atoms with E-state index in [-0.39, 0.29) is 12.0 Å². The maximum absolute atomic E-state index is 12.0. The fourth-order valence-corrected chi connectivity index (χ4v) is 2.10. The Hall–Kier alpha value is -2.49. The number of carbonyl (C=O) groups is 1. The number of nitrogens with one attached hydrogen (secondary N) is 1. The number of ether oxygens (including phenoxy) is 2. The van der Waals surface area contributed by atoms with Gasteiger partial charge in [0, 0.05) is 5.56 Å². The molecule has 4 nitrogen and oxygen atoms in total. The van der Waals surface area contributed by atoms with Crippen molar-refractivity contribution in [2.45, 2.75) is 26.9 Å². The molecule has 2 rings (SSSR count). The highest BCUT2D eigenvalue weighted by Crippen LogP contribution is 2.14. The van der Waals surface area contributed by atoms with Gasteiger partial charge in [-0.1, -0.05) is 12.1 Å². The van der Waals surface area contributed by atoms with E-state index in [9.17, 15) is 4.79 Å². The Labute approximate surface area is 137 Å². The molecule has 1 amide bonds. The minimum Gasteiger partial charge on any atom is -0.492 e. The first-order valence-electron chi connectivity index (χ1n) is 7.79. The van der Waals surface area contributed by atoms with Crippen LogP contribution >= 0.6 is 0 Å². The molecule has 0 bridgehead atoms. The van der Waals surface area contributed by atoms with Crippen molar-refractivity contribution in [3.05, 3.63) is 59.7 Å². The molecule has 0 aliphatic heterocycles. The van der Waals surface area contributed by atoms with Crippen molar-refractivity contribution in [2.75, 3.05) is 13.2 Å². The topological polar surface area (TPSA) is 47.6 Å². The molecule has 0 radical (unpaired) electrons. The van der Waals surface area contributed by atoms with Crippen molar-refractivity contribution in [1.82, 2.24) is 5.32 Å². The van der Waals surface area contributed by atoms with Crippen molar-refractivity contribution in [3.8, 4) is 11.5 Å². The summed E-state index contributed by atoms with van der Waals surface area (Å²) in [6.45, 7) is 6.84. The number of aryl methyl sites for hydroxylation is 1. The van der Waals surface area contributed by atoms with Crippen LogP contribution in [0, 0.1) is 6.92 Å². The van der Waals surface area contributed by atoms with Gasteiger partial charge >= 0.3 is 0 Å². The van der Waals surface area contributed by atoms with Crippen LogP contribution in [0.2, 0.25) is 0 Å². The first-order chi connectivity index (χ1) is 11.0. The molecule has 4 heteroatoms. The Morgan fingerprint density at radius 1 is 1.09 bits per heavy atom. The highest BCUT2D eigenvalue weighted by molar-refractivity contribution is 5.94. The van der Waals surface area contributed by atoms with Crippen LogP contribution in [0.1, 0.15) is 29.8 Å². The van der Waals surface area contributed by atoms with Crippen LogP contribution in [0.4, 0.5) is 0 Å². The predicted octanol–water partition coefficient (Wildman–Crippen LogP) is 3.59. The summed E-state index contributed by atoms with van der Waals surface area (Å²) in [5, 5.41) is 2.84. The van der Waals surface area contributed by atoms with Crippen molar-refractivity contribution in [3.63, 3.8) is 0 Å². The summed E-state index contributed by atoms with van der Waals surface area (Å²) in [6, 6.07) is 15.0. The van der Waals surface area contributed by atoms with Gasteiger partial charge in [0.25, 0.3) is 5.91 Å². The van der Waals surface area contributed by atoms with Crippen LogP contribution in [0.3, 0.4) is 0 Å². The van der Waals surface area contributed by atoms with Crippen LogP contribution in [-0.4, -0.2) is 25.2 Å². The standard InChI is InChI=1S/C19H23NO3/c1-14(2)23-17-9-7-16(8-10-17)19(21)20-11-12-22-18-6-4-5-15(3)13-18/h4-10,13-14H,11-12H2,1-3H3,(H,20,21). The van der Waals surface area contributed by atoms with E-state index < -0.39 is 0 Å². The number of hydrogen-bond donors (Lipinski definition) is 1. The number of carbonyl (C=O) groups excluding carboxylic acids is 1. The predicted molar refractivity (Wildman–Crippen MR) is 91.2 cm³/mol. The molecule has 0 saturated heterocycles. The highest BCUT2D eigenvalue weighted by atomic mass is 16.5. The molecule has 0 saturated carbocycles. The Bertz CT molecular complexity index is 635. The third-order valence-electron chi connectivity index (χ3n) is 3.13. The van der Waals surface area contributed by atoms with Gasteiger partial charge in [-0.05, 0) is 62.7 Å². The minimum atomic E-state index is -0.117. The van der Waals surface area contributed by atoms with E-state index in [1.54, 1.807) is 24.3 Å². The van der Waals surface area contributed by atoms with Crippen molar-refractivity contribution in [1.29, 1.82) is 0 Å². The largest absolute Gasteiger partial charge is 0.492 e. The van der Waals surface area contributed by atoms with E-state index in [1.807, 2.05) is 45.0 Å². The summed E-state index contributed by atoms with van der Waals surface area (Å²) in [5.41, 5.74) is 1.76. The van der Waals surface area contributed by atoms with Crippen LogP contribution in [0.25, 0.3) is 0 Å². The molecule has 0 aromatic heterocycles. The monoisotopic (exact) mass is 313 g/mol. The lowest BCUT2D eigenvalue weighted by Crippen LogP contribution is -2.28. The molecule has 0 unspecified atom stereocenters. The van der Waals surface area contributed by atoms with Crippen LogP contribution < -0.4 is 14.8 Å². The maximum Gasteiger partial charge on any atom is 0.251 e. The Morgan fingerprint density at radius 2 is 1.83 bits per heavy atom. The summed E-state index contributed by atoms with van der Waals surface area (Å²) in [7, 11) is 0. The highest BCUT2D eigenvalue weighted by Gasteiger charge is 2.05. The van der Waals surface area contributed by atoms with E-state index in [1.165, 1.54) is 0 Å². The summed E-state index contributed by atoms with van der Waals surface area (Å²) >= 11 is 0. The second-order valence-corrected chi connectivity index (χ2v) is 5.61.